The van der Waals surface area contributed by atoms with Gasteiger partial charge in [-0.1, -0.05) is 119 Å². The highest BCUT2D eigenvalue weighted by Gasteiger charge is 2.37. The molecule has 12 heteroatoms. The van der Waals surface area contributed by atoms with E-state index >= 15 is 0 Å². The third kappa shape index (κ3) is 13.1. The number of ether oxygens (including phenoxy) is 2. The third-order valence-corrected chi connectivity index (χ3v) is 14.4. The lowest BCUT2D eigenvalue weighted by atomic mass is 9.76. The summed E-state index contributed by atoms with van der Waals surface area (Å²) < 4.78 is 140. The number of unbranched alkanes of at least 4 members (excludes halogenated alkanes) is 3. The largest absolute Gasteiger partial charge is 0.573 e. The van der Waals surface area contributed by atoms with E-state index in [-0.39, 0.29) is 35.1 Å². The fraction of sp³-hybridized carbons (Fsp3) is 0.491. The minimum absolute atomic E-state index is 0.0517. The zero-order valence-corrected chi connectivity index (χ0v) is 38.3. The van der Waals surface area contributed by atoms with Crippen molar-refractivity contribution in [3.63, 3.8) is 0 Å². The molecule has 0 aliphatic heterocycles. The number of halogens is 10. The molecule has 2 saturated carbocycles. The van der Waals surface area contributed by atoms with Crippen molar-refractivity contribution in [1.29, 1.82) is 0 Å². The van der Waals surface area contributed by atoms with Crippen molar-refractivity contribution in [2.24, 2.45) is 11.8 Å². The van der Waals surface area contributed by atoms with Gasteiger partial charge in [0.25, 0.3) is 0 Å². The molecule has 2 fully saturated rings. The lowest BCUT2D eigenvalue weighted by Crippen LogP contribution is -2.20. The van der Waals surface area contributed by atoms with Crippen LogP contribution in [-0.4, -0.2) is 12.7 Å². The number of fused-ring (bicyclic) bond motifs is 2. The van der Waals surface area contributed by atoms with Crippen LogP contribution in [0.25, 0.3) is 23.3 Å². The Morgan fingerprint density at radius 1 is 0.478 bits per heavy atom. The van der Waals surface area contributed by atoms with E-state index in [1.165, 1.54) is 107 Å². The van der Waals surface area contributed by atoms with Gasteiger partial charge < -0.3 is 9.47 Å². The third-order valence-electron chi connectivity index (χ3n) is 14.4. The predicted molar refractivity (Wildman–Crippen MR) is 244 cm³/mol. The maximum Gasteiger partial charge on any atom is 0.573 e. The Kier molecular flexibility index (Phi) is 16.6. The standard InChI is InChI=1S/C28H31F5O.C27H29F5O/c1-2-3-4-5-18-6-8-19(9-7-18)20-10-12-21(13-11-20)22-14-15-24-23(16-22)17-25(29)27(26(24)30)34-28(31,32)33;1-2-3-4-17-5-7-18(8-6-17)19-9-11-20(12-10-19)21-13-14-23-22(15-21)16-24(28)26(25(23)29)33-27(30,31)32/h10-13,16-19H,2-9,14-15H2,1H3;9-12,15-18H,2-8,13-14H2,1H3. The average Bonchev–Trinajstić information content (AvgIpc) is 3.31. The van der Waals surface area contributed by atoms with Crippen LogP contribution < -0.4 is 9.47 Å². The molecule has 0 spiro atoms. The van der Waals surface area contributed by atoms with Crippen molar-refractivity contribution in [2.75, 3.05) is 0 Å². The minimum atomic E-state index is -5.15. The van der Waals surface area contributed by atoms with E-state index in [4.69, 9.17) is 0 Å². The summed E-state index contributed by atoms with van der Waals surface area (Å²) in [5.41, 5.74) is 7.06. The number of rotatable bonds is 13. The Balaban J connectivity index is 0.000000199. The summed E-state index contributed by atoms with van der Waals surface area (Å²) in [6, 6.07) is 18.6. The van der Waals surface area contributed by atoms with Crippen molar-refractivity contribution in [3.05, 3.63) is 128 Å². The first-order chi connectivity index (χ1) is 32.0. The van der Waals surface area contributed by atoms with Crippen LogP contribution in [0.4, 0.5) is 43.9 Å². The highest BCUT2D eigenvalue weighted by molar-refractivity contribution is 5.86. The van der Waals surface area contributed by atoms with Gasteiger partial charge in [-0.2, -0.15) is 0 Å². The Morgan fingerprint density at radius 2 is 0.851 bits per heavy atom. The Hall–Kier alpha value is -4.74. The highest BCUT2D eigenvalue weighted by atomic mass is 19.4. The quantitative estimate of drug-likeness (QED) is 0.0982. The average molecular weight is 943 g/mol. The highest BCUT2D eigenvalue weighted by Crippen LogP contribution is 2.43. The summed E-state index contributed by atoms with van der Waals surface area (Å²) >= 11 is 0. The van der Waals surface area contributed by atoms with Gasteiger partial charge in [0, 0.05) is 0 Å². The first kappa shape index (κ1) is 50.1. The second-order valence-electron chi connectivity index (χ2n) is 18.9. The smallest absolute Gasteiger partial charge is 0.399 e. The summed E-state index contributed by atoms with van der Waals surface area (Å²) in [5.74, 6) is -5.16. The molecule has 0 radical (unpaired) electrons. The molecule has 0 N–H and O–H groups in total. The minimum Gasteiger partial charge on any atom is -0.399 e. The normalized spacial score (nSPS) is 20.7. The molecule has 0 heterocycles. The molecule has 8 rings (SSSR count). The van der Waals surface area contributed by atoms with Gasteiger partial charge in [-0.05, 0) is 169 Å². The molecule has 4 aliphatic carbocycles. The van der Waals surface area contributed by atoms with E-state index < -0.39 is 47.5 Å². The SMILES string of the molecule is CCCCC1CCC(c2ccc(C3=Cc4cc(F)c(OC(F)(F)F)c(F)c4CC3)cc2)CC1.CCCCCC1CCC(c2ccc(C3=Cc4cc(F)c(OC(F)(F)F)c(F)c4CC3)cc2)CC1. The number of hydrogen-bond acceptors (Lipinski definition) is 2. The van der Waals surface area contributed by atoms with E-state index in [1.807, 2.05) is 24.3 Å². The van der Waals surface area contributed by atoms with Crippen molar-refractivity contribution in [3.8, 4) is 11.5 Å². The van der Waals surface area contributed by atoms with E-state index in [1.54, 1.807) is 12.2 Å². The Bertz CT molecular complexity index is 2350. The van der Waals surface area contributed by atoms with Crippen LogP contribution in [0, 0.1) is 35.1 Å². The van der Waals surface area contributed by atoms with Crippen molar-refractivity contribution in [2.45, 2.75) is 160 Å². The van der Waals surface area contributed by atoms with Crippen molar-refractivity contribution in [1.82, 2.24) is 0 Å². The number of allylic oxidation sites excluding steroid dienone is 2. The number of benzene rings is 4. The van der Waals surface area contributed by atoms with Gasteiger partial charge in [0.2, 0.25) is 11.5 Å². The number of alkyl halides is 6. The summed E-state index contributed by atoms with van der Waals surface area (Å²) in [5, 5.41) is 0. The van der Waals surface area contributed by atoms with Gasteiger partial charge >= 0.3 is 12.7 Å². The fourth-order valence-electron chi connectivity index (χ4n) is 10.7. The molecule has 0 unspecified atom stereocenters. The molecule has 4 aromatic rings. The maximum atomic E-state index is 14.6. The Morgan fingerprint density at radius 3 is 1.21 bits per heavy atom. The van der Waals surface area contributed by atoms with Gasteiger partial charge in [0.1, 0.15) is 0 Å². The van der Waals surface area contributed by atoms with E-state index in [0.717, 1.165) is 46.2 Å². The monoisotopic (exact) mass is 942 g/mol. The first-order valence-electron chi connectivity index (χ1n) is 24.1. The van der Waals surface area contributed by atoms with Gasteiger partial charge in [-0.15, -0.1) is 26.3 Å². The summed E-state index contributed by atoms with van der Waals surface area (Å²) in [4.78, 5) is 0. The van der Waals surface area contributed by atoms with Crippen LogP contribution in [0.15, 0.2) is 60.7 Å². The molecule has 0 aromatic heterocycles. The molecule has 2 nitrogen and oxygen atoms in total. The molecule has 0 bridgehead atoms. The molecular weight excluding hydrogens is 883 g/mol. The molecule has 0 atom stereocenters. The predicted octanol–water partition coefficient (Wildman–Crippen LogP) is 18.0. The van der Waals surface area contributed by atoms with Gasteiger partial charge in [0.05, 0.1) is 0 Å². The summed E-state index contributed by atoms with van der Waals surface area (Å²) in [7, 11) is 0. The second kappa shape index (κ2) is 22.1. The van der Waals surface area contributed by atoms with Crippen molar-refractivity contribution >= 4 is 23.3 Å². The van der Waals surface area contributed by atoms with Crippen LogP contribution in [0.1, 0.15) is 179 Å². The lowest BCUT2D eigenvalue weighted by molar-refractivity contribution is -0.277. The van der Waals surface area contributed by atoms with Crippen LogP contribution in [0.3, 0.4) is 0 Å². The topological polar surface area (TPSA) is 18.5 Å². The fourth-order valence-corrected chi connectivity index (χ4v) is 10.7. The second-order valence-corrected chi connectivity index (χ2v) is 18.9. The van der Waals surface area contributed by atoms with Gasteiger partial charge in [0.15, 0.2) is 23.3 Å². The van der Waals surface area contributed by atoms with E-state index in [0.29, 0.717) is 24.7 Å². The molecule has 4 aromatic carbocycles. The summed E-state index contributed by atoms with van der Waals surface area (Å²) in [6.45, 7) is 4.47. The Labute approximate surface area is 387 Å². The molecule has 4 aliphatic rings. The van der Waals surface area contributed by atoms with Crippen molar-refractivity contribution < 1.29 is 53.4 Å². The lowest BCUT2D eigenvalue weighted by Gasteiger charge is -2.29. The van der Waals surface area contributed by atoms with Crippen LogP contribution in [-0.2, 0) is 12.8 Å². The zero-order chi connectivity index (χ0) is 47.9. The zero-order valence-electron chi connectivity index (χ0n) is 38.3. The molecule has 67 heavy (non-hydrogen) atoms. The molecule has 362 valence electrons. The van der Waals surface area contributed by atoms with Crippen LogP contribution in [0.5, 0.6) is 11.5 Å². The number of hydrogen-bond donors (Lipinski definition) is 0. The maximum absolute atomic E-state index is 14.6. The molecular formula is C55H60F10O2. The molecule has 0 saturated heterocycles. The van der Waals surface area contributed by atoms with Gasteiger partial charge in [-0.3, -0.25) is 0 Å². The van der Waals surface area contributed by atoms with Crippen LogP contribution >= 0.6 is 0 Å². The molecule has 0 amide bonds. The van der Waals surface area contributed by atoms with E-state index in [2.05, 4.69) is 47.6 Å². The first-order valence-corrected chi connectivity index (χ1v) is 24.1. The van der Waals surface area contributed by atoms with Gasteiger partial charge in [-0.25, -0.2) is 17.6 Å². The van der Waals surface area contributed by atoms with E-state index in [9.17, 15) is 43.9 Å². The van der Waals surface area contributed by atoms with Crippen LogP contribution in [0.2, 0.25) is 0 Å². The summed E-state index contributed by atoms with van der Waals surface area (Å²) in [6.07, 6.45) is 13.5.